The number of hydrogen-bond acceptors (Lipinski definition) is 5. The fourth-order valence-electron chi connectivity index (χ4n) is 2.50. The molecule has 0 saturated heterocycles. The number of rotatable bonds is 12. The van der Waals surface area contributed by atoms with E-state index in [0.29, 0.717) is 13.0 Å². The van der Waals surface area contributed by atoms with Gasteiger partial charge in [0.05, 0.1) is 5.54 Å². The summed E-state index contributed by atoms with van der Waals surface area (Å²) in [4.78, 5) is 12.2. The van der Waals surface area contributed by atoms with E-state index in [9.17, 15) is 4.79 Å². The molecule has 0 spiro atoms. The Hall–Kier alpha value is -0.490. The first kappa shape index (κ1) is 16.6. The van der Waals surface area contributed by atoms with Gasteiger partial charge in [-0.15, -0.1) is 0 Å². The molecule has 0 aromatic rings. The molecule has 0 aliphatic heterocycles. The fourth-order valence-corrected chi connectivity index (χ4v) is 2.50. The second kappa shape index (κ2) is 8.64. The van der Waals surface area contributed by atoms with Crippen LogP contribution in [0.25, 0.3) is 0 Å². The van der Waals surface area contributed by atoms with E-state index in [1.54, 1.807) is 0 Å². The maximum Gasteiger partial charge on any atom is 0.154 e. The molecule has 112 valence electrons. The average molecular weight is 270 g/mol. The molecule has 0 bridgehead atoms. The number of hydrogen-bond donors (Lipinski definition) is 4. The van der Waals surface area contributed by atoms with Gasteiger partial charge in [0, 0.05) is 12.5 Å². The van der Waals surface area contributed by atoms with Crippen molar-refractivity contribution in [3.63, 3.8) is 0 Å². The highest BCUT2D eigenvalue weighted by Crippen LogP contribution is 2.36. The number of unbranched alkanes of at least 4 members (excludes halogenated alkanes) is 4. The average Bonchev–Trinajstić information content (AvgIpc) is 3.06. The zero-order valence-corrected chi connectivity index (χ0v) is 12.0. The van der Waals surface area contributed by atoms with Gasteiger partial charge in [-0.25, -0.2) is 0 Å². The van der Waals surface area contributed by atoms with Gasteiger partial charge >= 0.3 is 0 Å². The molecule has 0 aromatic heterocycles. The SMILES string of the molecule is NCCCCCCNC1(C(=O)CCCCN)CC1N. The van der Waals surface area contributed by atoms with Crippen molar-refractivity contribution in [3.8, 4) is 0 Å². The van der Waals surface area contributed by atoms with E-state index in [1.165, 1.54) is 6.42 Å². The van der Waals surface area contributed by atoms with Crippen molar-refractivity contribution in [1.82, 2.24) is 5.32 Å². The summed E-state index contributed by atoms with van der Waals surface area (Å²) in [5, 5.41) is 3.39. The van der Waals surface area contributed by atoms with Gasteiger partial charge in [0.2, 0.25) is 0 Å². The highest BCUT2D eigenvalue weighted by atomic mass is 16.1. The molecule has 1 fully saturated rings. The molecule has 7 N–H and O–H groups in total. The lowest BCUT2D eigenvalue weighted by molar-refractivity contribution is -0.122. The third-order valence-electron chi connectivity index (χ3n) is 3.94. The van der Waals surface area contributed by atoms with Crippen LogP contribution < -0.4 is 22.5 Å². The lowest BCUT2D eigenvalue weighted by atomic mass is 10.0. The molecule has 0 amide bonds. The minimum atomic E-state index is -0.414. The van der Waals surface area contributed by atoms with E-state index >= 15 is 0 Å². The van der Waals surface area contributed by atoms with Crippen molar-refractivity contribution in [3.05, 3.63) is 0 Å². The Kier molecular flexibility index (Phi) is 7.53. The first-order valence-electron chi connectivity index (χ1n) is 7.61. The van der Waals surface area contributed by atoms with Gasteiger partial charge in [0.15, 0.2) is 5.78 Å². The normalized spacial score (nSPS) is 25.5. The van der Waals surface area contributed by atoms with Crippen LogP contribution in [0.4, 0.5) is 0 Å². The van der Waals surface area contributed by atoms with Crippen molar-refractivity contribution in [2.45, 2.75) is 62.9 Å². The zero-order valence-electron chi connectivity index (χ0n) is 12.0. The molecule has 0 heterocycles. The molecule has 0 radical (unpaired) electrons. The Morgan fingerprint density at radius 2 is 1.63 bits per heavy atom. The van der Waals surface area contributed by atoms with Gasteiger partial charge in [-0.1, -0.05) is 12.8 Å². The van der Waals surface area contributed by atoms with Crippen LogP contribution in [0.2, 0.25) is 0 Å². The first-order chi connectivity index (χ1) is 9.17. The number of Topliss-reactive ketones (excluding diaryl/α,β-unsaturated/α-hetero) is 1. The van der Waals surface area contributed by atoms with Gasteiger partial charge in [-0.3, -0.25) is 4.79 Å². The molecule has 0 aromatic carbocycles. The van der Waals surface area contributed by atoms with Crippen LogP contribution in [0.1, 0.15) is 51.4 Å². The van der Waals surface area contributed by atoms with Crippen LogP contribution in [-0.2, 0) is 4.79 Å². The van der Waals surface area contributed by atoms with Crippen molar-refractivity contribution < 1.29 is 4.79 Å². The molecule has 1 rings (SSSR count). The van der Waals surface area contributed by atoms with E-state index in [1.807, 2.05) is 0 Å². The third kappa shape index (κ3) is 5.18. The molecule has 1 aliphatic rings. The summed E-state index contributed by atoms with van der Waals surface area (Å²) in [5.41, 5.74) is 16.4. The van der Waals surface area contributed by atoms with E-state index in [0.717, 1.165) is 51.6 Å². The van der Waals surface area contributed by atoms with E-state index in [2.05, 4.69) is 5.32 Å². The van der Waals surface area contributed by atoms with Crippen molar-refractivity contribution in [2.24, 2.45) is 17.2 Å². The van der Waals surface area contributed by atoms with Crippen LogP contribution in [0.3, 0.4) is 0 Å². The molecule has 2 unspecified atom stereocenters. The summed E-state index contributed by atoms with van der Waals surface area (Å²) in [6.45, 7) is 2.30. The van der Waals surface area contributed by atoms with E-state index < -0.39 is 5.54 Å². The van der Waals surface area contributed by atoms with Crippen molar-refractivity contribution >= 4 is 5.78 Å². The maximum atomic E-state index is 12.2. The highest BCUT2D eigenvalue weighted by molar-refractivity contribution is 5.93. The Morgan fingerprint density at radius 3 is 2.21 bits per heavy atom. The number of ketones is 1. The van der Waals surface area contributed by atoms with Crippen LogP contribution in [0, 0.1) is 0 Å². The van der Waals surface area contributed by atoms with Crippen molar-refractivity contribution in [2.75, 3.05) is 19.6 Å². The third-order valence-corrected chi connectivity index (χ3v) is 3.94. The van der Waals surface area contributed by atoms with Gasteiger partial charge in [-0.05, 0) is 51.7 Å². The van der Waals surface area contributed by atoms with Gasteiger partial charge < -0.3 is 22.5 Å². The lowest BCUT2D eigenvalue weighted by Gasteiger charge is -2.17. The molecular weight excluding hydrogens is 240 g/mol. The molecular formula is C14H30N4O. The van der Waals surface area contributed by atoms with Crippen LogP contribution >= 0.6 is 0 Å². The number of nitrogens with one attached hydrogen (secondary N) is 1. The van der Waals surface area contributed by atoms with Gasteiger partial charge in [0.25, 0.3) is 0 Å². The van der Waals surface area contributed by atoms with Crippen LogP contribution in [0.15, 0.2) is 0 Å². The Morgan fingerprint density at radius 1 is 1.05 bits per heavy atom. The molecule has 5 nitrogen and oxygen atoms in total. The van der Waals surface area contributed by atoms with E-state index in [4.69, 9.17) is 17.2 Å². The minimum Gasteiger partial charge on any atom is -0.330 e. The van der Waals surface area contributed by atoms with Crippen LogP contribution in [0.5, 0.6) is 0 Å². The summed E-state index contributed by atoms with van der Waals surface area (Å²) >= 11 is 0. The van der Waals surface area contributed by atoms with Crippen molar-refractivity contribution in [1.29, 1.82) is 0 Å². The summed E-state index contributed by atoms with van der Waals surface area (Å²) in [6.07, 6.45) is 7.69. The zero-order chi connectivity index (χ0) is 14.1. The molecule has 5 heteroatoms. The van der Waals surface area contributed by atoms with Gasteiger partial charge in [-0.2, -0.15) is 0 Å². The van der Waals surface area contributed by atoms with E-state index in [-0.39, 0.29) is 11.8 Å². The lowest BCUT2D eigenvalue weighted by Crippen LogP contribution is -2.45. The fraction of sp³-hybridized carbons (Fsp3) is 0.929. The monoisotopic (exact) mass is 270 g/mol. The highest BCUT2D eigenvalue weighted by Gasteiger charge is 2.56. The largest absolute Gasteiger partial charge is 0.330 e. The summed E-state index contributed by atoms with van der Waals surface area (Å²) in [6, 6.07) is 0.00178. The predicted molar refractivity (Wildman–Crippen MR) is 78.8 cm³/mol. The Balaban J connectivity index is 2.18. The smallest absolute Gasteiger partial charge is 0.154 e. The quantitative estimate of drug-likeness (QED) is 0.381. The molecule has 19 heavy (non-hydrogen) atoms. The standard InChI is InChI=1S/C14H30N4O/c15-8-4-1-2-6-10-18-14(11-12(14)17)13(19)7-3-5-9-16/h12,18H,1-11,15-17H2. The summed E-state index contributed by atoms with van der Waals surface area (Å²) < 4.78 is 0. The number of nitrogens with two attached hydrogens (primary N) is 3. The predicted octanol–water partition coefficient (Wildman–Crippen LogP) is 0.263. The van der Waals surface area contributed by atoms with Crippen LogP contribution in [-0.4, -0.2) is 37.0 Å². The second-order valence-corrected chi connectivity index (χ2v) is 5.58. The molecule has 2 atom stereocenters. The van der Waals surface area contributed by atoms with Gasteiger partial charge in [0.1, 0.15) is 0 Å². The summed E-state index contributed by atoms with van der Waals surface area (Å²) in [5.74, 6) is 0.274. The Labute approximate surface area is 116 Å². The minimum absolute atomic E-state index is 0.00178. The summed E-state index contributed by atoms with van der Waals surface area (Å²) in [7, 11) is 0. The topological polar surface area (TPSA) is 107 Å². The number of carbonyl (C=O) groups is 1. The second-order valence-electron chi connectivity index (χ2n) is 5.58. The first-order valence-corrected chi connectivity index (χ1v) is 7.61. The Bertz CT molecular complexity index is 272. The maximum absolute atomic E-state index is 12.2. The number of carbonyl (C=O) groups excluding carboxylic acids is 1. The molecule has 1 saturated carbocycles. The molecule has 1 aliphatic carbocycles.